The molecule has 0 fully saturated rings. The van der Waals surface area contributed by atoms with Crippen molar-refractivity contribution in [2.45, 2.75) is 0 Å². The van der Waals surface area contributed by atoms with Gasteiger partial charge in [-0.25, -0.2) is 0 Å². The highest BCUT2D eigenvalue weighted by Gasteiger charge is 2.09. The number of rotatable bonds is 3. The highest BCUT2D eigenvalue weighted by Crippen LogP contribution is 2.22. The average molecular weight is 250 g/mol. The number of ether oxygens (including phenoxy) is 1. The molecule has 1 aromatic carbocycles. The van der Waals surface area contributed by atoms with Gasteiger partial charge in [0.25, 0.3) is 0 Å². The minimum absolute atomic E-state index is 0.0441. The van der Waals surface area contributed by atoms with Gasteiger partial charge in [-0.2, -0.15) is 15.8 Å². The van der Waals surface area contributed by atoms with Crippen LogP contribution in [0.3, 0.4) is 0 Å². The van der Waals surface area contributed by atoms with Crippen LogP contribution in [0.25, 0.3) is 6.08 Å². The molecule has 0 unspecified atom stereocenters. The number of benzene rings is 1. The standard InChI is InChI=1S/C14H10N4O/c1-19-13-5-3-2-4-10(13)6-11(7-15)14(18)12(8-16)9-17/h2-6H,18H2,1H3. The lowest BCUT2D eigenvalue weighted by atomic mass is 10.1. The van der Waals surface area contributed by atoms with Gasteiger partial charge in [0.15, 0.2) is 5.57 Å². The second-order valence-corrected chi connectivity index (χ2v) is 3.42. The number of nitrogens with zero attached hydrogens (tertiary/aromatic N) is 3. The van der Waals surface area contributed by atoms with Crippen LogP contribution in [0.2, 0.25) is 0 Å². The van der Waals surface area contributed by atoms with Crippen molar-refractivity contribution in [3.63, 3.8) is 0 Å². The number of hydrogen-bond donors (Lipinski definition) is 1. The van der Waals surface area contributed by atoms with Crippen molar-refractivity contribution in [2.24, 2.45) is 5.73 Å². The Morgan fingerprint density at radius 2 is 1.79 bits per heavy atom. The van der Waals surface area contributed by atoms with E-state index in [1.807, 2.05) is 6.07 Å². The fourth-order valence-electron chi connectivity index (χ4n) is 1.39. The number of hydrogen-bond acceptors (Lipinski definition) is 5. The van der Waals surface area contributed by atoms with Crippen LogP contribution in [0.1, 0.15) is 5.56 Å². The monoisotopic (exact) mass is 250 g/mol. The highest BCUT2D eigenvalue weighted by atomic mass is 16.5. The summed E-state index contributed by atoms with van der Waals surface area (Å²) in [7, 11) is 1.51. The van der Waals surface area contributed by atoms with Gasteiger partial charge in [0.05, 0.1) is 18.4 Å². The first kappa shape index (κ1) is 13.8. The summed E-state index contributed by atoms with van der Waals surface area (Å²) in [6.45, 7) is 0. The van der Waals surface area contributed by atoms with Gasteiger partial charge in [-0.15, -0.1) is 0 Å². The van der Waals surface area contributed by atoms with Crippen molar-refractivity contribution in [2.75, 3.05) is 7.11 Å². The first-order valence-electron chi connectivity index (χ1n) is 5.23. The summed E-state index contributed by atoms with van der Waals surface area (Å²) in [6, 6.07) is 12.2. The molecule has 0 aliphatic rings. The van der Waals surface area contributed by atoms with Gasteiger partial charge in [0.1, 0.15) is 24.0 Å². The fourth-order valence-corrected chi connectivity index (χ4v) is 1.39. The summed E-state index contributed by atoms with van der Waals surface area (Å²) in [5.41, 5.74) is 5.89. The minimum Gasteiger partial charge on any atom is -0.496 e. The van der Waals surface area contributed by atoms with Crippen LogP contribution in [0, 0.1) is 34.0 Å². The maximum absolute atomic E-state index is 9.07. The summed E-state index contributed by atoms with van der Waals surface area (Å²) in [5.74, 6) is 0.568. The quantitative estimate of drug-likeness (QED) is 0.650. The van der Waals surface area contributed by atoms with E-state index in [2.05, 4.69) is 0 Å². The molecule has 0 saturated carbocycles. The van der Waals surface area contributed by atoms with E-state index >= 15 is 0 Å². The van der Waals surface area contributed by atoms with E-state index in [-0.39, 0.29) is 16.8 Å². The molecule has 0 aliphatic carbocycles. The van der Waals surface area contributed by atoms with Gasteiger partial charge in [0.2, 0.25) is 0 Å². The van der Waals surface area contributed by atoms with Gasteiger partial charge in [0, 0.05) is 5.56 Å². The molecule has 0 atom stereocenters. The molecule has 0 aromatic heterocycles. The summed E-state index contributed by atoms with van der Waals surface area (Å²) >= 11 is 0. The number of nitriles is 3. The van der Waals surface area contributed by atoms with Crippen molar-refractivity contribution >= 4 is 6.08 Å². The van der Waals surface area contributed by atoms with E-state index in [4.69, 9.17) is 26.3 Å². The number of nitrogens with two attached hydrogens (primary N) is 1. The molecule has 0 radical (unpaired) electrons. The SMILES string of the molecule is COc1ccccc1C=C(C#N)C(N)=C(C#N)C#N. The summed E-state index contributed by atoms with van der Waals surface area (Å²) in [5, 5.41) is 26.5. The maximum atomic E-state index is 9.07. The molecule has 2 N–H and O–H groups in total. The second kappa shape index (κ2) is 6.49. The third kappa shape index (κ3) is 3.12. The minimum atomic E-state index is -0.289. The summed E-state index contributed by atoms with van der Waals surface area (Å²) in [4.78, 5) is 0. The molecule has 1 rings (SSSR count). The molecular weight excluding hydrogens is 240 g/mol. The lowest BCUT2D eigenvalue weighted by molar-refractivity contribution is 0.414. The molecule has 0 bridgehead atoms. The number of allylic oxidation sites excluding steroid dienone is 2. The number of methoxy groups -OCH3 is 1. The molecule has 0 amide bonds. The predicted octanol–water partition coefficient (Wildman–Crippen LogP) is 1.86. The molecule has 0 heterocycles. The molecule has 0 spiro atoms. The smallest absolute Gasteiger partial charge is 0.153 e. The van der Waals surface area contributed by atoms with Crippen molar-refractivity contribution in [3.05, 3.63) is 46.7 Å². The second-order valence-electron chi connectivity index (χ2n) is 3.42. The Bertz CT molecular complexity index is 650. The Morgan fingerprint density at radius 3 is 2.32 bits per heavy atom. The average Bonchev–Trinajstić information content (AvgIpc) is 2.46. The number of para-hydroxylation sites is 1. The largest absolute Gasteiger partial charge is 0.496 e. The van der Waals surface area contributed by atoms with Crippen LogP contribution < -0.4 is 10.5 Å². The fraction of sp³-hybridized carbons (Fsp3) is 0.0714. The zero-order valence-corrected chi connectivity index (χ0v) is 10.2. The predicted molar refractivity (Wildman–Crippen MR) is 69.0 cm³/mol. The Hall–Kier alpha value is -3.23. The van der Waals surface area contributed by atoms with Gasteiger partial charge in [-0.05, 0) is 12.1 Å². The van der Waals surface area contributed by atoms with E-state index in [0.717, 1.165) is 0 Å². The zero-order valence-electron chi connectivity index (χ0n) is 10.2. The van der Waals surface area contributed by atoms with Gasteiger partial charge in [-0.3, -0.25) is 0 Å². The van der Waals surface area contributed by atoms with Crippen LogP contribution >= 0.6 is 0 Å². The normalized spacial score (nSPS) is 9.68. The molecule has 5 nitrogen and oxygen atoms in total. The van der Waals surface area contributed by atoms with E-state index in [1.54, 1.807) is 36.4 Å². The molecule has 0 aliphatic heterocycles. The Kier molecular flexibility index (Phi) is 4.73. The Morgan fingerprint density at radius 1 is 1.16 bits per heavy atom. The Labute approximate surface area is 111 Å². The van der Waals surface area contributed by atoms with Gasteiger partial charge in [-0.1, -0.05) is 18.2 Å². The topological polar surface area (TPSA) is 107 Å². The first-order valence-corrected chi connectivity index (χ1v) is 5.23. The maximum Gasteiger partial charge on any atom is 0.153 e. The van der Waals surface area contributed by atoms with Crippen molar-refractivity contribution in [3.8, 4) is 24.0 Å². The van der Waals surface area contributed by atoms with E-state index in [0.29, 0.717) is 11.3 Å². The Balaban J connectivity index is 3.38. The van der Waals surface area contributed by atoms with Crippen LogP contribution in [0.4, 0.5) is 0 Å². The van der Waals surface area contributed by atoms with Crippen LogP contribution in [0.5, 0.6) is 5.75 Å². The van der Waals surface area contributed by atoms with E-state index in [1.165, 1.54) is 13.2 Å². The summed E-state index contributed by atoms with van der Waals surface area (Å²) in [6.07, 6.45) is 1.48. The third-order valence-electron chi connectivity index (χ3n) is 2.34. The lowest BCUT2D eigenvalue weighted by Crippen LogP contribution is -2.03. The molecule has 0 saturated heterocycles. The zero-order chi connectivity index (χ0) is 14.3. The van der Waals surface area contributed by atoms with Crippen molar-refractivity contribution in [1.82, 2.24) is 0 Å². The highest BCUT2D eigenvalue weighted by molar-refractivity contribution is 5.69. The summed E-state index contributed by atoms with van der Waals surface area (Å²) < 4.78 is 5.14. The van der Waals surface area contributed by atoms with Crippen LogP contribution in [-0.2, 0) is 0 Å². The van der Waals surface area contributed by atoms with Crippen molar-refractivity contribution < 1.29 is 4.74 Å². The molecule has 5 heteroatoms. The van der Waals surface area contributed by atoms with Crippen LogP contribution in [0.15, 0.2) is 41.1 Å². The first-order chi connectivity index (χ1) is 9.17. The molecule has 1 aromatic rings. The van der Waals surface area contributed by atoms with Gasteiger partial charge >= 0.3 is 0 Å². The lowest BCUT2D eigenvalue weighted by Gasteiger charge is -2.05. The van der Waals surface area contributed by atoms with E-state index in [9.17, 15) is 0 Å². The van der Waals surface area contributed by atoms with Gasteiger partial charge < -0.3 is 10.5 Å². The van der Waals surface area contributed by atoms with E-state index < -0.39 is 0 Å². The molecule has 19 heavy (non-hydrogen) atoms. The van der Waals surface area contributed by atoms with Crippen molar-refractivity contribution in [1.29, 1.82) is 15.8 Å². The van der Waals surface area contributed by atoms with Crippen LogP contribution in [-0.4, -0.2) is 7.11 Å². The molecular formula is C14H10N4O. The molecule has 92 valence electrons. The third-order valence-corrected chi connectivity index (χ3v) is 2.34.